The number of hydrogen-bond donors (Lipinski definition) is 6. The SMILES string of the molecule is CC[C@@H](C)C(=O)O[C@H]1[C@H](O)[C@H]2[C@@H](CN3C[C@@H](C)CC[C@H]3[C@@]2(C)O)C2C[C@@]34O[C@@]5(O)C(C(OC(C)=O)C(OC(C)=O)C3[C@@]21O)[C@]4(C)CC[C@@H]5OC(=O)C(C)(O)C(C)O. The smallest absolute Gasteiger partial charge is 0.341 e. The Hall–Kier alpha value is -2.44. The molecule has 3 aliphatic heterocycles. The molecule has 1 spiro atoms. The molecule has 3 saturated heterocycles. The normalized spacial score (nSPS) is 50.4. The Morgan fingerprint density at radius 2 is 1.54 bits per heavy atom. The van der Waals surface area contributed by atoms with Crippen LogP contribution in [0.3, 0.4) is 0 Å². The first kappa shape index (κ1) is 42.7. The van der Waals surface area contributed by atoms with Crippen LogP contribution in [0.25, 0.3) is 0 Å². The monoisotopic (exact) mass is 809 g/mol. The summed E-state index contributed by atoms with van der Waals surface area (Å²) in [5.41, 5.74) is -9.03. The second kappa shape index (κ2) is 13.8. The Labute approximate surface area is 333 Å². The van der Waals surface area contributed by atoms with Gasteiger partial charge in [-0.1, -0.05) is 27.7 Å². The first-order valence-electron chi connectivity index (χ1n) is 20.8. The number of nitrogens with zero attached hydrogens (tertiary/aromatic N) is 1. The average Bonchev–Trinajstić information content (AvgIpc) is 3.40. The average molecular weight is 810 g/mol. The van der Waals surface area contributed by atoms with Crippen molar-refractivity contribution in [3.05, 3.63) is 0 Å². The van der Waals surface area contributed by atoms with Crippen LogP contribution in [0.2, 0.25) is 0 Å². The van der Waals surface area contributed by atoms with Gasteiger partial charge in [0.05, 0.1) is 41.2 Å². The summed E-state index contributed by atoms with van der Waals surface area (Å²) >= 11 is 0. The largest absolute Gasteiger partial charge is 0.458 e. The maximum Gasteiger partial charge on any atom is 0.341 e. The van der Waals surface area contributed by atoms with Gasteiger partial charge in [0, 0.05) is 44.3 Å². The van der Waals surface area contributed by atoms with Crippen molar-refractivity contribution in [1.82, 2.24) is 4.90 Å². The fourth-order valence-electron chi connectivity index (χ4n) is 13.1. The Morgan fingerprint density at radius 3 is 2.12 bits per heavy atom. The Morgan fingerprint density at radius 1 is 0.930 bits per heavy atom. The van der Waals surface area contributed by atoms with Crippen LogP contribution in [0.4, 0.5) is 0 Å². The van der Waals surface area contributed by atoms with E-state index in [1.807, 2.05) is 6.92 Å². The van der Waals surface area contributed by atoms with Crippen molar-refractivity contribution in [2.45, 2.75) is 172 Å². The van der Waals surface area contributed by atoms with Gasteiger partial charge in [0.1, 0.15) is 17.8 Å². The van der Waals surface area contributed by atoms with E-state index < -0.39 is 130 Å². The quantitative estimate of drug-likeness (QED) is 0.145. The molecule has 0 radical (unpaired) electrons. The van der Waals surface area contributed by atoms with E-state index in [4.69, 9.17) is 23.7 Å². The lowest BCUT2D eigenvalue weighted by atomic mass is 9.48. The van der Waals surface area contributed by atoms with Gasteiger partial charge < -0.3 is 54.3 Å². The summed E-state index contributed by atoms with van der Waals surface area (Å²) in [5.74, 6) is -11.5. The number of aliphatic hydroxyl groups excluding tert-OH is 2. The molecule has 7 aliphatic rings. The highest BCUT2D eigenvalue weighted by atomic mass is 16.7. The van der Waals surface area contributed by atoms with Crippen molar-refractivity contribution < 1.29 is 73.5 Å². The van der Waals surface area contributed by atoms with E-state index in [1.165, 1.54) is 6.92 Å². The minimum Gasteiger partial charge on any atom is -0.458 e. The Bertz CT molecular complexity index is 1650. The zero-order valence-corrected chi connectivity index (χ0v) is 34.5. The van der Waals surface area contributed by atoms with E-state index in [-0.39, 0.29) is 25.3 Å². The number of ether oxygens (including phenoxy) is 5. The summed E-state index contributed by atoms with van der Waals surface area (Å²) in [5, 5.41) is 73.2. The third-order valence-electron chi connectivity index (χ3n) is 16.1. The Balaban J connectivity index is 1.45. The van der Waals surface area contributed by atoms with Crippen LogP contribution in [0, 0.1) is 46.8 Å². The van der Waals surface area contributed by atoms with Crippen LogP contribution in [-0.2, 0) is 42.9 Å². The number of rotatable bonds is 8. The topological polar surface area (TPSA) is 239 Å². The van der Waals surface area contributed by atoms with Crippen LogP contribution in [-0.4, -0.2) is 143 Å². The minimum atomic E-state index is -2.47. The summed E-state index contributed by atoms with van der Waals surface area (Å²) in [6.45, 7) is 14.7. The maximum absolute atomic E-state index is 13.9. The van der Waals surface area contributed by atoms with E-state index in [0.29, 0.717) is 31.8 Å². The molecular formula is C41H63NO15. The van der Waals surface area contributed by atoms with Crippen LogP contribution in [0.5, 0.6) is 0 Å². The van der Waals surface area contributed by atoms with E-state index in [0.717, 1.165) is 27.2 Å². The highest BCUT2D eigenvalue weighted by Crippen LogP contribution is 2.78. The third kappa shape index (κ3) is 5.81. The lowest BCUT2D eigenvalue weighted by molar-refractivity contribution is -0.301. The predicted octanol–water partition coefficient (Wildman–Crippen LogP) is 0.578. The number of esters is 4. The number of carbonyl (C=O) groups excluding carboxylic acids is 4. The fourth-order valence-corrected chi connectivity index (χ4v) is 13.1. The second-order valence-electron chi connectivity index (χ2n) is 19.4. The van der Waals surface area contributed by atoms with Crippen LogP contribution in [0.15, 0.2) is 0 Å². The molecule has 7 fully saturated rings. The van der Waals surface area contributed by atoms with Gasteiger partial charge in [-0.2, -0.15) is 0 Å². The van der Waals surface area contributed by atoms with Crippen LogP contribution >= 0.6 is 0 Å². The second-order valence-corrected chi connectivity index (χ2v) is 19.4. The molecule has 0 aromatic heterocycles. The lowest BCUT2D eigenvalue weighted by Gasteiger charge is -2.64. The van der Waals surface area contributed by atoms with Gasteiger partial charge in [-0.3, -0.25) is 19.3 Å². The Kier molecular flexibility index (Phi) is 10.3. The molecule has 6 N–H and O–H groups in total. The number of fused-ring (bicyclic) bond motifs is 5. The molecule has 0 amide bonds. The summed E-state index contributed by atoms with van der Waals surface area (Å²) in [6, 6.07) is -0.329. The summed E-state index contributed by atoms with van der Waals surface area (Å²) in [6.07, 6.45) is -7.41. The third-order valence-corrected chi connectivity index (χ3v) is 16.1. The van der Waals surface area contributed by atoms with Gasteiger partial charge >= 0.3 is 23.9 Å². The maximum atomic E-state index is 13.9. The van der Waals surface area contributed by atoms with Crippen molar-refractivity contribution in [1.29, 1.82) is 0 Å². The number of aliphatic hydroxyl groups is 6. The molecule has 7 rings (SSSR count). The summed E-state index contributed by atoms with van der Waals surface area (Å²) in [4.78, 5) is 55.6. The number of piperidine rings is 2. The molecule has 57 heavy (non-hydrogen) atoms. The van der Waals surface area contributed by atoms with E-state index in [1.54, 1.807) is 20.8 Å². The van der Waals surface area contributed by atoms with Gasteiger partial charge in [-0.15, -0.1) is 0 Å². The number of carbonyl (C=O) groups is 4. The summed E-state index contributed by atoms with van der Waals surface area (Å²) < 4.78 is 31.1. The molecule has 4 saturated carbocycles. The fraction of sp³-hybridized carbons (Fsp3) is 0.902. The van der Waals surface area contributed by atoms with Crippen molar-refractivity contribution in [3.63, 3.8) is 0 Å². The molecule has 3 heterocycles. The minimum absolute atomic E-state index is 0.0170. The molecule has 0 aromatic rings. The predicted molar refractivity (Wildman–Crippen MR) is 196 cm³/mol. The summed E-state index contributed by atoms with van der Waals surface area (Å²) in [7, 11) is 0. The molecule has 322 valence electrons. The highest BCUT2D eigenvalue weighted by molar-refractivity contribution is 5.79. The molecule has 0 aromatic carbocycles. The molecule has 20 atom stereocenters. The first-order valence-corrected chi connectivity index (χ1v) is 20.8. The van der Waals surface area contributed by atoms with Gasteiger partial charge in [-0.25, -0.2) is 4.79 Å². The molecular weight excluding hydrogens is 746 g/mol. The zero-order chi connectivity index (χ0) is 42.2. The van der Waals surface area contributed by atoms with E-state index >= 15 is 0 Å². The molecule has 7 unspecified atom stereocenters. The van der Waals surface area contributed by atoms with Crippen LogP contribution < -0.4 is 0 Å². The van der Waals surface area contributed by atoms with Gasteiger partial charge in [0.2, 0.25) is 5.79 Å². The molecule has 16 nitrogen and oxygen atoms in total. The van der Waals surface area contributed by atoms with Crippen LogP contribution in [0.1, 0.15) is 101 Å². The lowest BCUT2D eigenvalue weighted by Crippen LogP contribution is -2.78. The van der Waals surface area contributed by atoms with Crippen molar-refractivity contribution in [3.8, 4) is 0 Å². The zero-order valence-electron chi connectivity index (χ0n) is 34.5. The highest BCUT2D eigenvalue weighted by Gasteiger charge is 2.90. The van der Waals surface area contributed by atoms with Crippen molar-refractivity contribution in [2.24, 2.45) is 46.8 Å². The molecule has 4 aliphatic carbocycles. The van der Waals surface area contributed by atoms with Crippen molar-refractivity contribution in [2.75, 3.05) is 13.1 Å². The molecule has 16 heteroatoms. The standard InChI is InChI=1S/C41H63NO15/c1-10-19(3)34(47)56-33-28(46)27-23(17-42-16-18(2)11-12-25(42)38(27,9)50)24-15-39-32(40(24,33)51)30(54-22(6)45)29(53-21(5)44)31-36(39,7)14-13-26(41(31,52)57-39)55-35(48)37(8,49)20(4)43/h18-20,23-33,43,46,49-52H,10-17H2,1-9H3/t18-,19+,20?,23-,24?,25-,26-,27+,28+,29?,30?,31?,32?,33-,36-,37?,38+,39+,40-,41+/m0/s1. The number of hydrogen-bond acceptors (Lipinski definition) is 16. The van der Waals surface area contributed by atoms with Gasteiger partial charge in [0.25, 0.3) is 0 Å². The van der Waals surface area contributed by atoms with Gasteiger partial charge in [0.15, 0.2) is 17.8 Å². The van der Waals surface area contributed by atoms with E-state index in [9.17, 15) is 49.8 Å². The van der Waals surface area contributed by atoms with E-state index in [2.05, 4.69) is 11.8 Å². The van der Waals surface area contributed by atoms with Gasteiger partial charge in [-0.05, 0) is 77.0 Å². The molecule has 4 bridgehead atoms. The van der Waals surface area contributed by atoms with Crippen molar-refractivity contribution >= 4 is 23.9 Å². The first-order chi connectivity index (χ1) is 26.3.